The van der Waals surface area contributed by atoms with E-state index in [0.29, 0.717) is 5.75 Å². The molecule has 10 nitrogen and oxygen atoms in total. The van der Waals surface area contributed by atoms with E-state index < -0.39 is 26.0 Å². The number of aliphatic carboxylic acids is 1. The van der Waals surface area contributed by atoms with Crippen LogP contribution in [0.4, 0.5) is 0 Å². The highest BCUT2D eigenvalue weighted by Gasteiger charge is 2.27. The number of carbonyl (C=O) groups is 1. The average Bonchev–Trinajstić information content (AvgIpc) is 2.68. The summed E-state index contributed by atoms with van der Waals surface area (Å²) in [7, 11) is -7.38. The number of nitrogens with zero attached hydrogens (tertiary/aromatic N) is 2. The molecule has 1 fully saturated rings. The fourth-order valence-corrected chi connectivity index (χ4v) is 4.38. The van der Waals surface area contributed by atoms with Gasteiger partial charge in [-0.1, -0.05) is 5.92 Å². The van der Waals surface area contributed by atoms with E-state index in [2.05, 4.69) is 16.6 Å². The SMILES string of the molecule is CC#CCOc1ccc(S(=O)(=O)N/C=C(\C(=O)O)N2CCN(S(C)(=O)=O)CC2)cc1. The summed E-state index contributed by atoms with van der Waals surface area (Å²) in [6.07, 6.45) is 1.98. The molecule has 1 aromatic rings. The van der Waals surface area contributed by atoms with Crippen molar-refractivity contribution in [2.45, 2.75) is 11.8 Å². The molecule has 30 heavy (non-hydrogen) atoms. The number of benzene rings is 1. The Labute approximate surface area is 176 Å². The van der Waals surface area contributed by atoms with Crippen molar-refractivity contribution >= 4 is 26.0 Å². The normalized spacial score (nSPS) is 15.8. The molecular weight excluding hydrogens is 434 g/mol. The molecule has 12 heteroatoms. The Kier molecular flexibility index (Phi) is 7.71. The molecule has 0 saturated carbocycles. The Morgan fingerprint density at radius 1 is 1.17 bits per heavy atom. The lowest BCUT2D eigenvalue weighted by atomic mass is 10.3. The van der Waals surface area contributed by atoms with Crippen molar-refractivity contribution in [2.75, 3.05) is 39.0 Å². The predicted molar refractivity (Wildman–Crippen MR) is 109 cm³/mol. The molecule has 0 atom stereocenters. The van der Waals surface area contributed by atoms with Crippen LogP contribution in [0, 0.1) is 11.8 Å². The number of carboxylic acids is 1. The summed E-state index contributed by atoms with van der Waals surface area (Å²) in [5.74, 6) is 4.51. The van der Waals surface area contributed by atoms with Crippen LogP contribution in [0.2, 0.25) is 0 Å². The van der Waals surface area contributed by atoms with E-state index >= 15 is 0 Å². The Morgan fingerprint density at radius 3 is 2.27 bits per heavy atom. The summed E-state index contributed by atoms with van der Waals surface area (Å²) >= 11 is 0. The maximum atomic E-state index is 12.5. The van der Waals surface area contributed by atoms with E-state index in [1.807, 2.05) is 0 Å². The van der Waals surface area contributed by atoms with Gasteiger partial charge in [-0.3, -0.25) is 4.72 Å². The molecule has 0 unspecified atom stereocenters. The molecule has 1 heterocycles. The molecule has 1 aromatic carbocycles. The minimum absolute atomic E-state index is 0.0701. The van der Waals surface area contributed by atoms with Gasteiger partial charge in [0, 0.05) is 32.4 Å². The van der Waals surface area contributed by atoms with E-state index in [-0.39, 0.29) is 43.4 Å². The lowest BCUT2D eigenvalue weighted by Gasteiger charge is -2.34. The Bertz CT molecular complexity index is 1060. The van der Waals surface area contributed by atoms with Crippen LogP contribution in [0.1, 0.15) is 6.92 Å². The highest BCUT2D eigenvalue weighted by Crippen LogP contribution is 2.17. The van der Waals surface area contributed by atoms with Crippen LogP contribution in [0.3, 0.4) is 0 Å². The van der Waals surface area contributed by atoms with Crippen molar-refractivity contribution in [2.24, 2.45) is 0 Å². The van der Waals surface area contributed by atoms with Gasteiger partial charge in [-0.15, -0.1) is 5.92 Å². The second-order valence-electron chi connectivity index (χ2n) is 6.29. The molecule has 0 aliphatic carbocycles. The number of sulfonamides is 2. The van der Waals surface area contributed by atoms with Crippen molar-refractivity contribution in [3.05, 3.63) is 36.2 Å². The lowest BCUT2D eigenvalue weighted by molar-refractivity contribution is -0.134. The predicted octanol–water partition coefficient (Wildman–Crippen LogP) is -0.130. The first-order valence-electron chi connectivity index (χ1n) is 8.83. The number of nitrogens with one attached hydrogen (secondary N) is 1. The van der Waals surface area contributed by atoms with Gasteiger partial charge >= 0.3 is 5.97 Å². The van der Waals surface area contributed by atoms with Gasteiger partial charge in [0.15, 0.2) is 0 Å². The topological polar surface area (TPSA) is 133 Å². The Balaban J connectivity index is 2.09. The van der Waals surface area contributed by atoms with Gasteiger partial charge in [-0.25, -0.2) is 21.6 Å². The second kappa shape index (κ2) is 9.84. The van der Waals surface area contributed by atoms with Crippen LogP contribution in [0.25, 0.3) is 0 Å². The van der Waals surface area contributed by atoms with E-state index in [4.69, 9.17) is 4.74 Å². The van der Waals surface area contributed by atoms with Crippen LogP contribution >= 0.6 is 0 Å². The molecule has 0 spiro atoms. The molecule has 0 bridgehead atoms. The van der Waals surface area contributed by atoms with Gasteiger partial charge in [-0.05, 0) is 31.2 Å². The largest absolute Gasteiger partial charge is 0.481 e. The molecule has 0 radical (unpaired) electrons. The van der Waals surface area contributed by atoms with Crippen LogP contribution in [-0.4, -0.2) is 76.2 Å². The summed E-state index contributed by atoms with van der Waals surface area (Å²) in [5.41, 5.74) is -0.273. The maximum absolute atomic E-state index is 12.5. The molecule has 164 valence electrons. The van der Waals surface area contributed by atoms with E-state index in [1.54, 1.807) is 6.92 Å². The van der Waals surface area contributed by atoms with Crippen molar-refractivity contribution in [3.63, 3.8) is 0 Å². The zero-order chi connectivity index (χ0) is 22.4. The zero-order valence-corrected chi connectivity index (χ0v) is 18.2. The average molecular weight is 458 g/mol. The van der Waals surface area contributed by atoms with Gasteiger partial charge in [0.1, 0.15) is 18.1 Å². The minimum Gasteiger partial charge on any atom is -0.481 e. The van der Waals surface area contributed by atoms with Gasteiger partial charge < -0.3 is 14.7 Å². The van der Waals surface area contributed by atoms with E-state index in [9.17, 15) is 26.7 Å². The quantitative estimate of drug-likeness (QED) is 0.407. The highest BCUT2D eigenvalue weighted by atomic mass is 32.2. The summed E-state index contributed by atoms with van der Waals surface area (Å²) in [5, 5.41) is 9.45. The van der Waals surface area contributed by atoms with Gasteiger partial charge in [0.2, 0.25) is 10.0 Å². The third kappa shape index (κ3) is 6.38. The number of hydrogen-bond donors (Lipinski definition) is 2. The fourth-order valence-electron chi connectivity index (χ4n) is 2.66. The molecule has 2 N–H and O–H groups in total. The van der Waals surface area contributed by atoms with Crippen LogP contribution < -0.4 is 9.46 Å². The van der Waals surface area contributed by atoms with E-state index in [0.717, 1.165) is 12.5 Å². The Hall–Kier alpha value is -2.75. The van der Waals surface area contributed by atoms with Crippen molar-refractivity contribution in [1.82, 2.24) is 13.9 Å². The number of ether oxygens (including phenoxy) is 1. The number of carboxylic acid groups (broad SMARTS) is 1. The highest BCUT2D eigenvalue weighted by molar-refractivity contribution is 7.89. The van der Waals surface area contributed by atoms with Crippen LogP contribution in [0.15, 0.2) is 41.1 Å². The lowest BCUT2D eigenvalue weighted by Crippen LogP contribution is -2.49. The minimum atomic E-state index is -4.01. The third-order valence-corrected chi connectivity index (χ3v) is 6.86. The van der Waals surface area contributed by atoms with Gasteiger partial charge in [-0.2, -0.15) is 4.31 Å². The molecular formula is C18H23N3O7S2. The molecule has 1 aliphatic rings. The van der Waals surface area contributed by atoms with E-state index in [1.165, 1.54) is 33.5 Å². The molecule has 1 aliphatic heterocycles. The monoisotopic (exact) mass is 457 g/mol. The second-order valence-corrected chi connectivity index (χ2v) is 9.99. The smallest absolute Gasteiger partial charge is 0.353 e. The van der Waals surface area contributed by atoms with Crippen molar-refractivity contribution in [1.29, 1.82) is 0 Å². The third-order valence-electron chi connectivity index (χ3n) is 4.24. The summed E-state index contributed by atoms with van der Waals surface area (Å²) in [6, 6.07) is 5.60. The van der Waals surface area contributed by atoms with Crippen molar-refractivity contribution in [3.8, 4) is 17.6 Å². The van der Waals surface area contributed by atoms with Gasteiger partial charge in [0.05, 0.1) is 11.2 Å². The van der Waals surface area contributed by atoms with Crippen LogP contribution in [0.5, 0.6) is 5.75 Å². The molecule has 2 rings (SSSR count). The first kappa shape index (κ1) is 23.5. The maximum Gasteiger partial charge on any atom is 0.353 e. The number of hydrogen-bond acceptors (Lipinski definition) is 7. The van der Waals surface area contributed by atoms with Gasteiger partial charge in [0.25, 0.3) is 10.0 Å². The van der Waals surface area contributed by atoms with Crippen LogP contribution in [-0.2, 0) is 24.8 Å². The fraction of sp³-hybridized carbons (Fsp3) is 0.389. The standard InChI is InChI=1S/C18H23N3O7S2/c1-3-4-13-28-15-5-7-16(8-6-15)30(26,27)19-14-17(18(22)23)20-9-11-21(12-10-20)29(2,24)25/h5-8,14,19H,9-13H2,1-2H3,(H,22,23)/b17-14+. The van der Waals surface area contributed by atoms with Crippen molar-refractivity contribution < 1.29 is 31.5 Å². The summed E-state index contributed by atoms with van der Waals surface area (Å²) in [6.45, 7) is 2.33. The molecule has 0 aromatic heterocycles. The Morgan fingerprint density at radius 2 is 1.77 bits per heavy atom. The molecule has 1 saturated heterocycles. The number of rotatable bonds is 8. The first-order chi connectivity index (χ1) is 14.0. The summed E-state index contributed by atoms with van der Waals surface area (Å²) in [4.78, 5) is 12.9. The summed E-state index contributed by atoms with van der Waals surface area (Å²) < 4.78 is 56.8. The zero-order valence-electron chi connectivity index (χ0n) is 16.5. The molecule has 0 amide bonds. The number of piperazine rings is 1. The first-order valence-corrected chi connectivity index (χ1v) is 12.2.